The summed E-state index contributed by atoms with van der Waals surface area (Å²) in [6.07, 6.45) is 1.62. The zero-order valence-corrected chi connectivity index (χ0v) is 19.7. The van der Waals surface area contributed by atoms with Gasteiger partial charge in [0.2, 0.25) is 10.0 Å². The molecule has 182 valence electrons. The molecule has 0 radical (unpaired) electrons. The molecule has 34 heavy (non-hydrogen) atoms. The van der Waals surface area contributed by atoms with E-state index in [-0.39, 0.29) is 28.4 Å². The van der Waals surface area contributed by atoms with Crippen LogP contribution < -0.4 is 10.2 Å². The van der Waals surface area contributed by atoms with E-state index in [0.717, 1.165) is 22.0 Å². The van der Waals surface area contributed by atoms with Crippen molar-refractivity contribution in [2.24, 2.45) is 0 Å². The number of anilines is 1. The van der Waals surface area contributed by atoms with E-state index in [4.69, 9.17) is 0 Å². The molecule has 0 spiro atoms. The monoisotopic (exact) mass is 492 g/mol. The number of urea groups is 1. The van der Waals surface area contributed by atoms with Crippen molar-refractivity contribution >= 4 is 27.6 Å². The molecule has 0 aliphatic carbocycles. The lowest BCUT2D eigenvalue weighted by Gasteiger charge is -2.33. The largest absolute Gasteiger partial charge is 0.338 e. The third-order valence-corrected chi connectivity index (χ3v) is 8.06. The molecule has 1 saturated heterocycles. The van der Waals surface area contributed by atoms with Gasteiger partial charge in [-0.15, -0.1) is 0 Å². The summed E-state index contributed by atoms with van der Waals surface area (Å²) in [5.41, 5.74) is 1.57. The van der Waals surface area contributed by atoms with Crippen LogP contribution in [0.5, 0.6) is 0 Å². The minimum atomic E-state index is -3.55. The van der Waals surface area contributed by atoms with Gasteiger partial charge in [-0.25, -0.2) is 26.3 Å². The Morgan fingerprint density at radius 1 is 1.00 bits per heavy atom. The predicted octanol–water partition coefficient (Wildman–Crippen LogP) is 2.59. The molecule has 3 amide bonds. The molecule has 0 unspecified atom stereocenters. The average Bonchev–Trinajstić information content (AvgIpc) is 3.24. The summed E-state index contributed by atoms with van der Waals surface area (Å²) >= 11 is 0. The molecule has 2 aromatic rings. The zero-order chi connectivity index (χ0) is 24.6. The molecule has 8 nitrogen and oxygen atoms in total. The summed E-state index contributed by atoms with van der Waals surface area (Å²) in [6.45, 7) is 1.20. The number of likely N-dealkylation sites (tertiary alicyclic amines) is 1. The van der Waals surface area contributed by atoms with Crippen molar-refractivity contribution in [3.63, 3.8) is 0 Å². The Morgan fingerprint density at radius 3 is 2.35 bits per heavy atom. The van der Waals surface area contributed by atoms with E-state index in [1.807, 2.05) is 0 Å². The van der Waals surface area contributed by atoms with Gasteiger partial charge < -0.3 is 10.2 Å². The number of halogens is 2. The van der Waals surface area contributed by atoms with Crippen molar-refractivity contribution in [3.05, 3.63) is 59.2 Å². The zero-order valence-electron chi connectivity index (χ0n) is 18.9. The minimum absolute atomic E-state index is 0.0886. The molecule has 1 N–H and O–H groups in total. The summed E-state index contributed by atoms with van der Waals surface area (Å²) in [5, 5.41) is 2.99. The normalized spacial score (nSPS) is 16.6. The van der Waals surface area contributed by atoms with E-state index in [1.165, 1.54) is 26.2 Å². The number of piperidine rings is 1. The van der Waals surface area contributed by atoms with Gasteiger partial charge in [0.05, 0.1) is 4.90 Å². The third-order valence-electron chi connectivity index (χ3n) is 6.25. The summed E-state index contributed by atoms with van der Waals surface area (Å²) in [7, 11) is -0.610. The topological polar surface area (TPSA) is 90.0 Å². The number of carbonyl (C=O) groups is 2. The van der Waals surface area contributed by atoms with Crippen LogP contribution >= 0.6 is 0 Å². The molecule has 1 fully saturated rings. The molecule has 0 aromatic heterocycles. The molecular formula is C23H26F2N4O4S. The summed E-state index contributed by atoms with van der Waals surface area (Å²) in [6, 6.07) is 7.44. The van der Waals surface area contributed by atoms with Crippen molar-refractivity contribution in [1.82, 2.24) is 14.5 Å². The van der Waals surface area contributed by atoms with Crippen LogP contribution in [0.3, 0.4) is 0 Å². The molecule has 2 aliphatic heterocycles. The number of rotatable bonds is 4. The lowest BCUT2D eigenvalue weighted by molar-refractivity contribution is 0.0708. The highest BCUT2D eigenvalue weighted by Crippen LogP contribution is 2.31. The lowest BCUT2D eigenvalue weighted by Crippen LogP contribution is -2.50. The van der Waals surface area contributed by atoms with Crippen LogP contribution in [0.2, 0.25) is 0 Å². The molecule has 0 bridgehead atoms. The minimum Gasteiger partial charge on any atom is -0.338 e. The number of benzene rings is 2. The third kappa shape index (κ3) is 4.62. The number of carbonyl (C=O) groups excluding carboxylic acids is 2. The first kappa shape index (κ1) is 24.1. The van der Waals surface area contributed by atoms with E-state index in [2.05, 4.69) is 5.32 Å². The summed E-state index contributed by atoms with van der Waals surface area (Å²) in [4.78, 5) is 28.8. The highest BCUT2D eigenvalue weighted by Gasteiger charge is 2.30. The first-order valence-electron chi connectivity index (χ1n) is 11.0. The molecule has 2 aliphatic rings. The maximum Gasteiger partial charge on any atom is 0.322 e. The number of fused-ring (bicyclic) bond motifs is 1. The maximum atomic E-state index is 13.5. The van der Waals surface area contributed by atoms with E-state index in [1.54, 1.807) is 21.9 Å². The average molecular weight is 493 g/mol. The number of hydrogen-bond donors (Lipinski definition) is 1. The number of nitrogens with one attached hydrogen (secondary N) is 1. The van der Waals surface area contributed by atoms with Crippen molar-refractivity contribution in [2.75, 3.05) is 38.6 Å². The van der Waals surface area contributed by atoms with Gasteiger partial charge in [-0.05, 0) is 61.2 Å². The van der Waals surface area contributed by atoms with E-state index >= 15 is 0 Å². The number of amides is 3. The highest BCUT2D eigenvalue weighted by molar-refractivity contribution is 7.89. The standard InChI is InChI=1S/C23H26F2N4O4S/c1-27(2)34(32,33)18-4-6-21-15(13-18)7-12-29(21)23(31)26-17-8-10-28(11-9-17)22(30)16-3-5-19(24)20(25)14-16/h3-6,13-14,17H,7-12H2,1-2H3,(H,26,31). The molecule has 0 atom stereocenters. The van der Waals surface area contributed by atoms with Gasteiger partial charge in [0, 0.05) is 51.0 Å². The lowest BCUT2D eigenvalue weighted by atomic mass is 10.0. The second-order valence-corrected chi connectivity index (χ2v) is 10.8. The number of hydrogen-bond acceptors (Lipinski definition) is 4. The van der Waals surface area contributed by atoms with Crippen LogP contribution in [0.25, 0.3) is 0 Å². The van der Waals surface area contributed by atoms with Crippen LogP contribution in [0.1, 0.15) is 28.8 Å². The Morgan fingerprint density at radius 2 is 1.71 bits per heavy atom. The molecular weight excluding hydrogens is 466 g/mol. The van der Waals surface area contributed by atoms with Crippen LogP contribution in [0.15, 0.2) is 41.3 Å². The fraction of sp³-hybridized carbons (Fsp3) is 0.391. The second kappa shape index (κ2) is 9.30. The number of nitrogens with zero attached hydrogens (tertiary/aromatic N) is 3. The SMILES string of the molecule is CN(C)S(=O)(=O)c1ccc2c(c1)CCN2C(=O)NC1CCN(C(=O)c2ccc(F)c(F)c2)CC1. The molecule has 0 saturated carbocycles. The van der Waals surface area contributed by atoms with Gasteiger partial charge in [0.25, 0.3) is 5.91 Å². The van der Waals surface area contributed by atoms with Crippen LogP contribution in [-0.2, 0) is 16.4 Å². The van der Waals surface area contributed by atoms with Gasteiger partial charge in [0.15, 0.2) is 11.6 Å². The smallest absolute Gasteiger partial charge is 0.322 e. The Bertz CT molecular complexity index is 1230. The van der Waals surface area contributed by atoms with Gasteiger partial charge in [-0.2, -0.15) is 0 Å². The highest BCUT2D eigenvalue weighted by atomic mass is 32.2. The van der Waals surface area contributed by atoms with Crippen molar-refractivity contribution in [2.45, 2.75) is 30.2 Å². The van der Waals surface area contributed by atoms with Crippen LogP contribution in [-0.4, -0.2) is 69.3 Å². The van der Waals surface area contributed by atoms with E-state index < -0.39 is 21.7 Å². The van der Waals surface area contributed by atoms with Gasteiger partial charge in [-0.3, -0.25) is 9.69 Å². The fourth-order valence-electron chi connectivity index (χ4n) is 4.25. The molecule has 2 heterocycles. The van der Waals surface area contributed by atoms with Crippen molar-refractivity contribution in [1.29, 1.82) is 0 Å². The van der Waals surface area contributed by atoms with Gasteiger partial charge in [-0.1, -0.05) is 0 Å². The van der Waals surface area contributed by atoms with Crippen LogP contribution in [0.4, 0.5) is 19.3 Å². The second-order valence-electron chi connectivity index (χ2n) is 8.62. The Labute approximate surface area is 197 Å². The summed E-state index contributed by atoms with van der Waals surface area (Å²) in [5.74, 6) is -2.44. The Balaban J connectivity index is 1.35. The van der Waals surface area contributed by atoms with Crippen LogP contribution in [0, 0.1) is 11.6 Å². The summed E-state index contributed by atoms with van der Waals surface area (Å²) < 4.78 is 52.5. The van der Waals surface area contributed by atoms with Gasteiger partial charge in [0.1, 0.15) is 0 Å². The molecule has 4 rings (SSSR count). The Hall–Kier alpha value is -3.05. The first-order chi connectivity index (χ1) is 16.1. The molecule has 11 heteroatoms. The first-order valence-corrected chi connectivity index (χ1v) is 12.4. The quantitative estimate of drug-likeness (QED) is 0.711. The predicted molar refractivity (Wildman–Crippen MR) is 122 cm³/mol. The van der Waals surface area contributed by atoms with E-state index in [0.29, 0.717) is 44.6 Å². The van der Waals surface area contributed by atoms with Crippen molar-refractivity contribution in [3.8, 4) is 0 Å². The van der Waals surface area contributed by atoms with Gasteiger partial charge >= 0.3 is 6.03 Å². The number of sulfonamides is 1. The fourth-order valence-corrected chi connectivity index (χ4v) is 5.20. The Kier molecular flexibility index (Phi) is 6.59. The molecule has 2 aromatic carbocycles. The van der Waals surface area contributed by atoms with Crippen molar-refractivity contribution < 1.29 is 26.8 Å². The van der Waals surface area contributed by atoms with E-state index in [9.17, 15) is 26.8 Å². The maximum absolute atomic E-state index is 13.5.